The summed E-state index contributed by atoms with van der Waals surface area (Å²) in [5.41, 5.74) is 3.11. The van der Waals surface area contributed by atoms with Crippen LogP contribution in [-0.4, -0.2) is 5.11 Å². The largest absolute Gasteiger partial charge is 0.457 e. The van der Waals surface area contributed by atoms with E-state index in [2.05, 4.69) is 0 Å². The Morgan fingerprint density at radius 1 is 1.05 bits per heavy atom. The first kappa shape index (κ1) is 14.5. The van der Waals surface area contributed by atoms with Crippen LogP contribution in [0.15, 0.2) is 30.3 Å². The predicted octanol–water partition coefficient (Wildman–Crippen LogP) is 4.60. The lowest BCUT2D eigenvalue weighted by Gasteiger charge is -2.16. The zero-order valence-electron chi connectivity index (χ0n) is 12.2. The molecule has 0 saturated carbocycles. The molecular weight excluding hydrogens is 255 g/mol. The second-order valence-electron chi connectivity index (χ2n) is 5.12. The normalized spacial score (nSPS) is 12.3. The summed E-state index contributed by atoms with van der Waals surface area (Å²) >= 11 is 0. The van der Waals surface area contributed by atoms with Gasteiger partial charge in [0.15, 0.2) is 0 Å². The Morgan fingerprint density at radius 3 is 2.40 bits per heavy atom. The minimum atomic E-state index is -0.787. The zero-order chi connectivity index (χ0) is 14.9. The molecule has 0 amide bonds. The Labute approximate surface area is 118 Å². The van der Waals surface area contributed by atoms with Crippen molar-refractivity contribution in [2.24, 2.45) is 0 Å². The van der Waals surface area contributed by atoms with E-state index in [4.69, 9.17) is 4.74 Å². The van der Waals surface area contributed by atoms with Crippen molar-refractivity contribution in [3.63, 3.8) is 0 Å². The monoisotopic (exact) mass is 274 g/mol. The van der Waals surface area contributed by atoms with Crippen LogP contribution < -0.4 is 4.74 Å². The van der Waals surface area contributed by atoms with E-state index in [0.717, 1.165) is 16.9 Å². The van der Waals surface area contributed by atoms with Crippen molar-refractivity contribution < 1.29 is 14.2 Å². The van der Waals surface area contributed by atoms with Gasteiger partial charge in [0.05, 0.1) is 6.10 Å². The molecule has 3 heteroatoms. The average Bonchev–Trinajstić information content (AvgIpc) is 2.38. The zero-order valence-corrected chi connectivity index (χ0v) is 12.2. The van der Waals surface area contributed by atoms with Gasteiger partial charge >= 0.3 is 0 Å². The first-order chi connectivity index (χ1) is 9.40. The number of halogens is 1. The second kappa shape index (κ2) is 5.63. The highest BCUT2D eigenvalue weighted by Crippen LogP contribution is 2.33. The van der Waals surface area contributed by atoms with Crippen molar-refractivity contribution in [2.45, 2.75) is 33.8 Å². The van der Waals surface area contributed by atoms with E-state index in [1.54, 1.807) is 19.9 Å². The van der Waals surface area contributed by atoms with Gasteiger partial charge in [-0.05, 0) is 62.6 Å². The summed E-state index contributed by atoms with van der Waals surface area (Å²) in [5, 5.41) is 9.78. The molecule has 2 rings (SSSR count). The van der Waals surface area contributed by atoms with Crippen molar-refractivity contribution in [1.29, 1.82) is 0 Å². The quantitative estimate of drug-likeness (QED) is 0.886. The van der Waals surface area contributed by atoms with Crippen LogP contribution in [0.5, 0.6) is 11.5 Å². The third-order valence-electron chi connectivity index (χ3n) is 3.52. The highest BCUT2D eigenvalue weighted by molar-refractivity contribution is 5.45. The van der Waals surface area contributed by atoms with E-state index in [1.807, 2.05) is 32.0 Å². The van der Waals surface area contributed by atoms with Crippen LogP contribution >= 0.6 is 0 Å². The van der Waals surface area contributed by atoms with Gasteiger partial charge in [0.25, 0.3) is 0 Å². The number of ether oxygens (including phenoxy) is 1. The van der Waals surface area contributed by atoms with Crippen molar-refractivity contribution in [2.75, 3.05) is 0 Å². The Hall–Kier alpha value is -1.87. The van der Waals surface area contributed by atoms with Gasteiger partial charge in [0, 0.05) is 5.56 Å². The van der Waals surface area contributed by atoms with E-state index in [-0.39, 0.29) is 5.82 Å². The summed E-state index contributed by atoms with van der Waals surface area (Å²) < 4.78 is 19.5. The van der Waals surface area contributed by atoms with Crippen LogP contribution in [-0.2, 0) is 0 Å². The van der Waals surface area contributed by atoms with Crippen LogP contribution in [0.4, 0.5) is 4.39 Å². The number of hydrogen-bond acceptors (Lipinski definition) is 2. The summed E-state index contributed by atoms with van der Waals surface area (Å²) in [4.78, 5) is 0. The van der Waals surface area contributed by atoms with Crippen LogP contribution in [0.25, 0.3) is 0 Å². The molecule has 0 heterocycles. The second-order valence-corrected chi connectivity index (χ2v) is 5.12. The fraction of sp³-hybridized carbons (Fsp3) is 0.294. The van der Waals surface area contributed by atoms with Crippen molar-refractivity contribution in [1.82, 2.24) is 0 Å². The summed E-state index contributed by atoms with van der Waals surface area (Å²) in [7, 11) is 0. The van der Waals surface area contributed by atoms with Crippen LogP contribution in [0.1, 0.15) is 35.3 Å². The van der Waals surface area contributed by atoms with E-state index in [0.29, 0.717) is 16.9 Å². The summed E-state index contributed by atoms with van der Waals surface area (Å²) in [5.74, 6) is 0.875. The summed E-state index contributed by atoms with van der Waals surface area (Å²) in [6.07, 6.45) is -0.787. The molecule has 1 N–H and O–H groups in total. The van der Waals surface area contributed by atoms with Crippen LogP contribution in [0, 0.1) is 26.6 Å². The molecule has 2 aromatic rings. The first-order valence-corrected chi connectivity index (χ1v) is 6.62. The molecule has 0 aliphatic rings. The molecular formula is C17H19FO2. The Balaban J connectivity index is 2.47. The fourth-order valence-corrected chi connectivity index (χ4v) is 2.04. The average molecular weight is 274 g/mol. The number of aliphatic hydroxyl groups is 1. The lowest BCUT2D eigenvalue weighted by Crippen LogP contribution is -2.00. The third kappa shape index (κ3) is 2.83. The van der Waals surface area contributed by atoms with Gasteiger partial charge in [0.1, 0.15) is 17.3 Å². The summed E-state index contributed by atoms with van der Waals surface area (Å²) in [6.45, 7) is 7.26. The number of hydrogen-bond donors (Lipinski definition) is 1. The van der Waals surface area contributed by atoms with Crippen molar-refractivity contribution in [3.05, 3.63) is 58.4 Å². The number of rotatable bonds is 3. The topological polar surface area (TPSA) is 29.5 Å². The molecule has 0 aliphatic carbocycles. The molecule has 0 spiro atoms. The van der Waals surface area contributed by atoms with Crippen molar-refractivity contribution in [3.8, 4) is 11.5 Å². The molecule has 2 aromatic carbocycles. The first-order valence-electron chi connectivity index (χ1n) is 6.62. The molecule has 20 heavy (non-hydrogen) atoms. The predicted molar refractivity (Wildman–Crippen MR) is 77.8 cm³/mol. The van der Waals surface area contributed by atoms with Gasteiger partial charge in [-0.2, -0.15) is 0 Å². The molecule has 0 unspecified atom stereocenters. The lowest BCUT2D eigenvalue weighted by molar-refractivity contribution is 0.195. The smallest absolute Gasteiger partial charge is 0.133 e. The highest BCUT2D eigenvalue weighted by atomic mass is 19.1. The van der Waals surface area contributed by atoms with Gasteiger partial charge in [-0.1, -0.05) is 12.1 Å². The van der Waals surface area contributed by atoms with Gasteiger partial charge < -0.3 is 9.84 Å². The Kier molecular flexibility index (Phi) is 4.09. The molecule has 0 saturated heterocycles. The van der Waals surface area contributed by atoms with E-state index >= 15 is 0 Å². The maximum atomic E-state index is 13.6. The fourth-order valence-electron chi connectivity index (χ4n) is 2.04. The van der Waals surface area contributed by atoms with E-state index in [9.17, 15) is 9.50 Å². The van der Waals surface area contributed by atoms with Gasteiger partial charge in [-0.3, -0.25) is 0 Å². The molecule has 2 nitrogen and oxygen atoms in total. The van der Waals surface area contributed by atoms with Crippen molar-refractivity contribution >= 4 is 0 Å². The SMILES string of the molecule is Cc1cc(Oc2cccc(C)c2C)c([C@H](C)O)cc1F. The Morgan fingerprint density at radius 2 is 1.75 bits per heavy atom. The number of aryl methyl sites for hydroxylation is 2. The number of aliphatic hydroxyl groups excluding tert-OH is 1. The Bertz CT molecular complexity index is 633. The van der Waals surface area contributed by atoms with Crippen LogP contribution in [0.2, 0.25) is 0 Å². The number of benzene rings is 2. The maximum Gasteiger partial charge on any atom is 0.133 e. The molecule has 0 radical (unpaired) electrons. The van der Waals surface area contributed by atoms with Gasteiger partial charge in [-0.25, -0.2) is 4.39 Å². The molecule has 0 fully saturated rings. The maximum absolute atomic E-state index is 13.6. The lowest BCUT2D eigenvalue weighted by atomic mass is 10.1. The van der Waals surface area contributed by atoms with Gasteiger partial charge in [-0.15, -0.1) is 0 Å². The van der Waals surface area contributed by atoms with E-state index in [1.165, 1.54) is 6.07 Å². The summed E-state index contributed by atoms with van der Waals surface area (Å²) in [6, 6.07) is 8.75. The minimum Gasteiger partial charge on any atom is -0.457 e. The molecule has 1 atom stereocenters. The third-order valence-corrected chi connectivity index (χ3v) is 3.52. The molecule has 0 aliphatic heterocycles. The minimum absolute atomic E-state index is 0.339. The van der Waals surface area contributed by atoms with Crippen LogP contribution in [0.3, 0.4) is 0 Å². The standard InChI is InChI=1S/C17H19FO2/c1-10-6-5-7-16(12(10)3)20-17-8-11(2)15(18)9-14(17)13(4)19/h5-9,13,19H,1-4H3/t13-/m0/s1. The van der Waals surface area contributed by atoms with E-state index < -0.39 is 6.10 Å². The molecule has 106 valence electrons. The van der Waals surface area contributed by atoms with Gasteiger partial charge in [0.2, 0.25) is 0 Å². The highest BCUT2D eigenvalue weighted by Gasteiger charge is 2.14. The molecule has 0 aromatic heterocycles. The molecule has 0 bridgehead atoms.